The Morgan fingerprint density at radius 1 is 1.06 bits per heavy atom. The van der Waals surface area contributed by atoms with E-state index >= 15 is 0 Å². The summed E-state index contributed by atoms with van der Waals surface area (Å²) in [5.41, 5.74) is 4.14. The first kappa shape index (κ1) is 25.4. The van der Waals surface area contributed by atoms with Crippen LogP contribution >= 0.6 is 23.6 Å². The Balaban J connectivity index is 1.47. The second-order valence-electron chi connectivity index (χ2n) is 8.15. The SMILES string of the molecule is CCc1cc(C(=O)OC)c(NC(=S)Nc2c(C)nn(Cc3cccc(Oc4ccccc4)c3)c2C)s1. The number of nitrogens with zero attached hydrogens (tertiary/aromatic N) is 2. The van der Waals surface area contributed by atoms with Gasteiger partial charge in [-0.1, -0.05) is 37.3 Å². The van der Waals surface area contributed by atoms with Gasteiger partial charge in [-0.25, -0.2) is 4.79 Å². The highest BCUT2D eigenvalue weighted by Crippen LogP contribution is 2.30. The van der Waals surface area contributed by atoms with Crippen molar-refractivity contribution in [3.63, 3.8) is 0 Å². The first-order valence-corrected chi connectivity index (χ1v) is 12.7. The number of aryl methyl sites for hydroxylation is 2. The molecule has 0 fully saturated rings. The lowest BCUT2D eigenvalue weighted by Crippen LogP contribution is -2.20. The monoisotopic (exact) mass is 520 g/mol. The predicted octanol–water partition coefficient (Wildman–Crippen LogP) is 6.56. The van der Waals surface area contributed by atoms with Gasteiger partial charge in [-0.05, 0) is 68.4 Å². The number of ether oxygens (including phenoxy) is 2. The molecule has 0 radical (unpaired) electrons. The fraction of sp³-hybridized carbons (Fsp3) is 0.222. The maximum absolute atomic E-state index is 12.2. The van der Waals surface area contributed by atoms with Crippen molar-refractivity contribution in [2.45, 2.75) is 33.7 Å². The molecule has 0 spiro atoms. The molecule has 2 heterocycles. The Morgan fingerprint density at radius 2 is 1.81 bits per heavy atom. The normalized spacial score (nSPS) is 10.7. The van der Waals surface area contributed by atoms with E-state index in [0.29, 0.717) is 22.2 Å². The van der Waals surface area contributed by atoms with Crippen LogP contribution in [0.25, 0.3) is 0 Å². The molecule has 0 amide bonds. The number of anilines is 2. The molecule has 0 saturated heterocycles. The number of thiophene rings is 1. The number of thiocarbonyl (C=S) groups is 1. The Kier molecular flexibility index (Phi) is 8.02. The molecule has 2 aromatic heterocycles. The van der Waals surface area contributed by atoms with E-state index in [0.717, 1.165) is 45.4 Å². The van der Waals surface area contributed by atoms with Gasteiger partial charge in [0.1, 0.15) is 16.5 Å². The van der Waals surface area contributed by atoms with E-state index < -0.39 is 5.97 Å². The van der Waals surface area contributed by atoms with Crippen LogP contribution in [-0.2, 0) is 17.7 Å². The molecule has 0 aliphatic heterocycles. The Bertz CT molecular complexity index is 1380. The van der Waals surface area contributed by atoms with Gasteiger partial charge in [-0.2, -0.15) is 5.10 Å². The van der Waals surface area contributed by atoms with E-state index in [2.05, 4.69) is 10.6 Å². The van der Waals surface area contributed by atoms with Crippen LogP contribution < -0.4 is 15.4 Å². The van der Waals surface area contributed by atoms with Crippen LogP contribution in [0, 0.1) is 13.8 Å². The number of carbonyl (C=O) groups is 1. The van der Waals surface area contributed by atoms with E-state index in [1.54, 1.807) is 0 Å². The molecule has 0 saturated carbocycles. The quantitative estimate of drug-likeness (QED) is 0.201. The summed E-state index contributed by atoms with van der Waals surface area (Å²) in [5.74, 6) is 1.17. The summed E-state index contributed by atoms with van der Waals surface area (Å²) >= 11 is 7.05. The molecule has 7 nitrogen and oxygen atoms in total. The van der Waals surface area contributed by atoms with E-state index in [-0.39, 0.29) is 0 Å². The molecule has 0 aliphatic carbocycles. The largest absolute Gasteiger partial charge is 0.465 e. The molecule has 0 bridgehead atoms. The second kappa shape index (κ2) is 11.4. The van der Waals surface area contributed by atoms with Gasteiger partial charge < -0.3 is 20.1 Å². The Morgan fingerprint density at radius 3 is 2.53 bits per heavy atom. The van der Waals surface area contributed by atoms with Gasteiger partial charge in [0.15, 0.2) is 5.11 Å². The molecule has 0 aliphatic rings. The zero-order chi connectivity index (χ0) is 25.7. The second-order valence-corrected chi connectivity index (χ2v) is 9.69. The molecule has 9 heteroatoms. The van der Waals surface area contributed by atoms with Crippen molar-refractivity contribution < 1.29 is 14.3 Å². The smallest absolute Gasteiger partial charge is 0.340 e. The van der Waals surface area contributed by atoms with E-state index in [4.69, 9.17) is 26.8 Å². The minimum atomic E-state index is -0.394. The van der Waals surface area contributed by atoms with Crippen LogP contribution in [-0.4, -0.2) is 28.0 Å². The molecule has 4 rings (SSSR count). The third kappa shape index (κ3) is 5.92. The molecule has 186 valence electrons. The highest BCUT2D eigenvalue weighted by atomic mass is 32.1. The van der Waals surface area contributed by atoms with Crippen molar-refractivity contribution in [2.24, 2.45) is 0 Å². The predicted molar refractivity (Wildman–Crippen MR) is 149 cm³/mol. The van der Waals surface area contributed by atoms with Crippen molar-refractivity contribution >= 4 is 45.3 Å². The van der Waals surface area contributed by atoms with E-state index in [1.165, 1.54) is 18.4 Å². The van der Waals surface area contributed by atoms with Crippen molar-refractivity contribution in [2.75, 3.05) is 17.7 Å². The van der Waals surface area contributed by atoms with Crippen molar-refractivity contribution in [3.05, 3.63) is 88.1 Å². The number of rotatable bonds is 8. The summed E-state index contributed by atoms with van der Waals surface area (Å²) < 4.78 is 12.8. The molecule has 0 atom stereocenters. The van der Waals surface area contributed by atoms with Crippen molar-refractivity contribution in [3.8, 4) is 11.5 Å². The van der Waals surface area contributed by atoms with Gasteiger partial charge in [0.25, 0.3) is 0 Å². The van der Waals surface area contributed by atoms with Gasteiger partial charge in [-0.3, -0.25) is 4.68 Å². The van der Waals surface area contributed by atoms with Gasteiger partial charge >= 0.3 is 5.97 Å². The minimum absolute atomic E-state index is 0.383. The summed E-state index contributed by atoms with van der Waals surface area (Å²) in [6.07, 6.45) is 0.819. The first-order valence-electron chi connectivity index (χ1n) is 11.5. The summed E-state index contributed by atoms with van der Waals surface area (Å²) in [5, 5.41) is 12.2. The summed E-state index contributed by atoms with van der Waals surface area (Å²) in [6.45, 7) is 6.55. The number of carbonyl (C=O) groups excluding carboxylic acids is 1. The van der Waals surface area contributed by atoms with Gasteiger partial charge in [0.2, 0.25) is 0 Å². The summed E-state index contributed by atoms with van der Waals surface area (Å²) in [6, 6.07) is 19.5. The molecule has 0 unspecified atom stereocenters. The fourth-order valence-electron chi connectivity index (χ4n) is 3.76. The molecular weight excluding hydrogens is 492 g/mol. The van der Waals surface area contributed by atoms with Gasteiger partial charge in [-0.15, -0.1) is 11.3 Å². The topological polar surface area (TPSA) is 77.4 Å². The van der Waals surface area contributed by atoms with Crippen LogP contribution in [0.3, 0.4) is 0 Å². The number of nitrogens with one attached hydrogen (secondary N) is 2. The number of esters is 1. The maximum Gasteiger partial charge on any atom is 0.340 e. The minimum Gasteiger partial charge on any atom is -0.465 e. The number of hydrogen-bond acceptors (Lipinski definition) is 6. The molecule has 4 aromatic rings. The lowest BCUT2D eigenvalue weighted by molar-refractivity contribution is 0.0602. The average Bonchev–Trinajstić information content (AvgIpc) is 3.40. The fourth-order valence-corrected chi connectivity index (χ4v) is 5.01. The Labute approximate surface area is 220 Å². The van der Waals surface area contributed by atoms with Crippen LogP contribution in [0.4, 0.5) is 10.7 Å². The van der Waals surface area contributed by atoms with Crippen molar-refractivity contribution in [1.82, 2.24) is 9.78 Å². The van der Waals surface area contributed by atoms with Crippen LogP contribution in [0.15, 0.2) is 60.7 Å². The standard InChI is InChI=1S/C27H28N4O3S2/c1-5-22-15-23(26(32)33-4)25(36-22)29-27(35)28-24-17(2)30-31(18(24)3)16-19-10-9-13-21(14-19)34-20-11-7-6-8-12-20/h6-15H,5,16H2,1-4H3,(H2,28,29,35). The molecule has 2 N–H and O–H groups in total. The number of para-hydroxylation sites is 1. The number of benzene rings is 2. The molecule has 36 heavy (non-hydrogen) atoms. The lowest BCUT2D eigenvalue weighted by atomic mass is 10.2. The molecule has 2 aromatic carbocycles. The van der Waals surface area contributed by atoms with Crippen LogP contribution in [0.5, 0.6) is 11.5 Å². The molecular formula is C27H28N4O3S2. The van der Waals surface area contributed by atoms with Crippen LogP contribution in [0.1, 0.15) is 39.1 Å². The number of hydrogen-bond donors (Lipinski definition) is 2. The maximum atomic E-state index is 12.2. The first-order chi connectivity index (χ1) is 17.4. The highest BCUT2D eigenvalue weighted by molar-refractivity contribution is 7.80. The van der Waals surface area contributed by atoms with Crippen molar-refractivity contribution in [1.29, 1.82) is 0 Å². The highest BCUT2D eigenvalue weighted by Gasteiger charge is 2.19. The zero-order valence-electron chi connectivity index (χ0n) is 20.6. The van der Waals surface area contributed by atoms with Gasteiger partial charge in [0, 0.05) is 4.88 Å². The zero-order valence-corrected chi connectivity index (χ0v) is 22.3. The summed E-state index contributed by atoms with van der Waals surface area (Å²) in [7, 11) is 1.37. The van der Waals surface area contributed by atoms with Gasteiger partial charge in [0.05, 0.1) is 36.3 Å². The number of methoxy groups -OCH3 is 1. The van der Waals surface area contributed by atoms with E-state index in [9.17, 15) is 4.79 Å². The number of aromatic nitrogens is 2. The lowest BCUT2D eigenvalue weighted by Gasteiger charge is -2.11. The third-order valence-electron chi connectivity index (χ3n) is 5.59. The summed E-state index contributed by atoms with van der Waals surface area (Å²) in [4.78, 5) is 13.2. The van der Waals surface area contributed by atoms with Crippen LogP contribution in [0.2, 0.25) is 0 Å². The van der Waals surface area contributed by atoms with E-state index in [1.807, 2.05) is 86.1 Å². The Hall–Kier alpha value is -3.69. The average molecular weight is 521 g/mol. The third-order valence-corrected chi connectivity index (χ3v) is 6.99.